The zero-order chi connectivity index (χ0) is 13.1. The number of nitrogens with one attached hydrogen (secondary N) is 2. The molecule has 1 unspecified atom stereocenters. The van der Waals surface area contributed by atoms with Gasteiger partial charge in [-0.3, -0.25) is 0 Å². The van der Waals surface area contributed by atoms with Crippen LogP contribution in [-0.4, -0.2) is 33.3 Å². The van der Waals surface area contributed by atoms with Crippen molar-refractivity contribution in [3.05, 3.63) is 0 Å². The first-order valence-corrected chi connectivity index (χ1v) is 8.94. The van der Waals surface area contributed by atoms with Crippen LogP contribution in [0.1, 0.15) is 51.9 Å². The third kappa shape index (κ3) is 3.25. The van der Waals surface area contributed by atoms with E-state index in [0.29, 0.717) is 0 Å². The van der Waals surface area contributed by atoms with Crippen LogP contribution < -0.4 is 10.0 Å². The lowest BCUT2D eigenvalue weighted by atomic mass is 9.75. The molecule has 0 amide bonds. The third-order valence-corrected chi connectivity index (χ3v) is 6.06. The Balaban J connectivity index is 1.99. The van der Waals surface area contributed by atoms with Gasteiger partial charge in [0.1, 0.15) is 0 Å². The fourth-order valence-electron chi connectivity index (χ4n) is 3.46. The molecule has 0 aromatic heterocycles. The lowest BCUT2D eigenvalue weighted by Gasteiger charge is -2.39. The van der Waals surface area contributed by atoms with E-state index >= 15 is 0 Å². The van der Waals surface area contributed by atoms with Crippen LogP contribution in [0.4, 0.5) is 0 Å². The van der Waals surface area contributed by atoms with Crippen LogP contribution >= 0.6 is 0 Å². The molecule has 5 heteroatoms. The Morgan fingerprint density at radius 3 is 2.67 bits per heavy atom. The summed E-state index contributed by atoms with van der Waals surface area (Å²) in [5.74, 6) is 0.286. The zero-order valence-corrected chi connectivity index (χ0v) is 12.2. The summed E-state index contributed by atoms with van der Waals surface area (Å²) in [5.41, 5.74) is 0.241. The van der Waals surface area contributed by atoms with Crippen LogP contribution in [0.15, 0.2) is 0 Å². The minimum atomic E-state index is -3.07. The Morgan fingerprint density at radius 1 is 1.28 bits per heavy atom. The van der Waals surface area contributed by atoms with E-state index in [1.165, 1.54) is 12.8 Å². The Labute approximate surface area is 111 Å². The highest BCUT2D eigenvalue weighted by atomic mass is 32.2. The average Bonchev–Trinajstić information content (AvgIpc) is 2.70. The molecule has 4 nitrogen and oxygen atoms in total. The number of rotatable bonds is 5. The van der Waals surface area contributed by atoms with E-state index in [9.17, 15) is 8.42 Å². The summed E-state index contributed by atoms with van der Waals surface area (Å²) in [4.78, 5) is 0. The summed E-state index contributed by atoms with van der Waals surface area (Å²) in [6.45, 7) is 4.10. The van der Waals surface area contributed by atoms with Crippen molar-refractivity contribution in [1.82, 2.24) is 10.0 Å². The van der Waals surface area contributed by atoms with Gasteiger partial charge < -0.3 is 5.32 Å². The highest BCUT2D eigenvalue weighted by Crippen LogP contribution is 2.45. The fraction of sp³-hybridized carbons (Fsp3) is 1.00. The monoisotopic (exact) mass is 274 g/mol. The van der Waals surface area contributed by atoms with Crippen molar-refractivity contribution >= 4 is 10.0 Å². The highest BCUT2D eigenvalue weighted by molar-refractivity contribution is 7.89. The second kappa shape index (κ2) is 5.88. The van der Waals surface area contributed by atoms with Gasteiger partial charge in [-0.1, -0.05) is 19.8 Å². The first kappa shape index (κ1) is 14.3. The van der Waals surface area contributed by atoms with Gasteiger partial charge in [0.25, 0.3) is 0 Å². The standard InChI is InChI=1S/C13H26N2O2S/c1-2-3-11-18(16,17)15-12-5-4-6-13(12)7-9-14-10-8-13/h12,14-15H,2-11H2,1H3. The topological polar surface area (TPSA) is 58.2 Å². The Morgan fingerprint density at radius 2 is 2.00 bits per heavy atom. The first-order valence-electron chi connectivity index (χ1n) is 7.29. The van der Waals surface area contributed by atoms with Crippen molar-refractivity contribution in [2.45, 2.75) is 57.9 Å². The molecule has 0 bridgehead atoms. The molecule has 1 atom stereocenters. The number of hydrogen-bond acceptors (Lipinski definition) is 3. The van der Waals surface area contributed by atoms with Crippen LogP contribution in [0.3, 0.4) is 0 Å². The van der Waals surface area contributed by atoms with Crippen molar-refractivity contribution in [3.8, 4) is 0 Å². The summed E-state index contributed by atoms with van der Waals surface area (Å²) >= 11 is 0. The number of hydrogen-bond donors (Lipinski definition) is 2. The van der Waals surface area contributed by atoms with Gasteiger partial charge >= 0.3 is 0 Å². The predicted molar refractivity (Wildman–Crippen MR) is 74.0 cm³/mol. The Bertz CT molecular complexity index is 361. The van der Waals surface area contributed by atoms with Crippen molar-refractivity contribution < 1.29 is 8.42 Å². The molecule has 2 rings (SSSR count). The van der Waals surface area contributed by atoms with Gasteiger partial charge in [0.05, 0.1) is 5.75 Å². The van der Waals surface area contributed by atoms with Crippen LogP contribution in [0.2, 0.25) is 0 Å². The van der Waals surface area contributed by atoms with E-state index in [1.807, 2.05) is 6.92 Å². The molecule has 1 aliphatic heterocycles. The van der Waals surface area contributed by atoms with Gasteiger partial charge in [0, 0.05) is 6.04 Å². The predicted octanol–water partition coefficient (Wildman–Crippen LogP) is 1.63. The SMILES string of the molecule is CCCCS(=O)(=O)NC1CCCC12CCNCC2. The van der Waals surface area contributed by atoms with Gasteiger partial charge in [0.2, 0.25) is 10.0 Å². The average molecular weight is 274 g/mol. The van der Waals surface area contributed by atoms with Gasteiger partial charge in [-0.2, -0.15) is 0 Å². The molecular weight excluding hydrogens is 248 g/mol. The Hall–Kier alpha value is -0.130. The maximum atomic E-state index is 12.0. The van der Waals surface area contributed by atoms with E-state index in [4.69, 9.17) is 0 Å². The normalized spacial score (nSPS) is 27.7. The molecule has 0 aromatic rings. The van der Waals surface area contributed by atoms with E-state index < -0.39 is 10.0 Å². The van der Waals surface area contributed by atoms with Gasteiger partial charge in [-0.15, -0.1) is 0 Å². The summed E-state index contributed by atoms with van der Waals surface area (Å²) in [6.07, 6.45) is 7.31. The number of unbranched alkanes of at least 4 members (excludes halogenated alkanes) is 1. The largest absolute Gasteiger partial charge is 0.317 e. The molecule has 0 radical (unpaired) electrons. The number of piperidine rings is 1. The first-order chi connectivity index (χ1) is 8.58. The van der Waals surface area contributed by atoms with Crippen LogP contribution in [0.25, 0.3) is 0 Å². The van der Waals surface area contributed by atoms with Crippen molar-refractivity contribution in [3.63, 3.8) is 0 Å². The molecule has 18 heavy (non-hydrogen) atoms. The van der Waals surface area contributed by atoms with Gasteiger partial charge in [-0.05, 0) is 50.6 Å². The molecule has 1 saturated heterocycles. The smallest absolute Gasteiger partial charge is 0.211 e. The molecule has 1 heterocycles. The quantitative estimate of drug-likeness (QED) is 0.801. The van der Waals surface area contributed by atoms with Crippen LogP contribution in [0.5, 0.6) is 0 Å². The minimum absolute atomic E-state index is 0.182. The fourth-order valence-corrected chi connectivity index (χ4v) is 5.04. The van der Waals surface area contributed by atoms with Crippen LogP contribution in [0, 0.1) is 5.41 Å². The molecule has 106 valence electrons. The summed E-state index contributed by atoms with van der Waals surface area (Å²) in [6, 6.07) is 0.182. The van der Waals surface area contributed by atoms with Crippen molar-refractivity contribution in [2.24, 2.45) is 5.41 Å². The van der Waals surface area contributed by atoms with Crippen molar-refractivity contribution in [1.29, 1.82) is 0 Å². The van der Waals surface area contributed by atoms with Crippen molar-refractivity contribution in [2.75, 3.05) is 18.8 Å². The molecule has 1 saturated carbocycles. The number of sulfonamides is 1. The second-order valence-corrected chi connectivity index (χ2v) is 7.72. The van der Waals surface area contributed by atoms with E-state index in [-0.39, 0.29) is 17.2 Å². The molecule has 1 spiro atoms. The van der Waals surface area contributed by atoms with E-state index in [2.05, 4.69) is 10.0 Å². The molecule has 0 aromatic carbocycles. The summed E-state index contributed by atoms with van der Waals surface area (Å²) < 4.78 is 27.1. The molecule has 1 aliphatic carbocycles. The highest BCUT2D eigenvalue weighted by Gasteiger charge is 2.44. The summed E-state index contributed by atoms with van der Waals surface area (Å²) in [7, 11) is -3.07. The second-order valence-electron chi connectivity index (χ2n) is 5.85. The molecule has 2 fully saturated rings. The van der Waals surface area contributed by atoms with Gasteiger partial charge in [-0.25, -0.2) is 13.1 Å². The maximum absolute atomic E-state index is 12.0. The van der Waals surface area contributed by atoms with E-state index in [1.54, 1.807) is 0 Å². The third-order valence-electron chi connectivity index (χ3n) is 4.59. The minimum Gasteiger partial charge on any atom is -0.317 e. The Kier molecular flexibility index (Phi) is 4.67. The molecular formula is C13H26N2O2S. The zero-order valence-electron chi connectivity index (χ0n) is 11.4. The summed E-state index contributed by atoms with van der Waals surface area (Å²) in [5, 5.41) is 3.38. The molecule has 2 N–H and O–H groups in total. The molecule has 2 aliphatic rings. The van der Waals surface area contributed by atoms with Crippen LogP contribution in [-0.2, 0) is 10.0 Å². The lowest BCUT2D eigenvalue weighted by Crippen LogP contribution is -2.49. The van der Waals surface area contributed by atoms with Gasteiger partial charge in [0.15, 0.2) is 0 Å². The maximum Gasteiger partial charge on any atom is 0.211 e. The lowest BCUT2D eigenvalue weighted by molar-refractivity contribution is 0.174. The van der Waals surface area contributed by atoms with E-state index in [0.717, 1.165) is 45.2 Å².